The smallest absolute Gasteiger partial charge is 0.189 e. The molecule has 0 amide bonds. The quantitative estimate of drug-likeness (QED) is 0.337. The van der Waals surface area contributed by atoms with Gasteiger partial charge in [0.2, 0.25) is 0 Å². The van der Waals surface area contributed by atoms with Gasteiger partial charge in [0.1, 0.15) is 0 Å². The molecule has 0 aromatic heterocycles. The average Bonchev–Trinajstić information content (AvgIpc) is 1.65. The van der Waals surface area contributed by atoms with E-state index in [1.807, 2.05) is 33.3 Å². The van der Waals surface area contributed by atoms with Crippen LogP contribution in [-0.2, 0) is 0 Å². The molecule has 0 fully saturated rings. The Morgan fingerprint density at radius 1 is 1.56 bits per heavy atom. The molecule has 2 nitrogen and oxygen atoms in total. The van der Waals surface area contributed by atoms with Crippen molar-refractivity contribution in [2.45, 2.75) is 12.4 Å². The van der Waals surface area contributed by atoms with Crippen molar-refractivity contribution in [2.24, 2.45) is 5.73 Å². The normalized spacial score (nSPS) is 16.6. The van der Waals surface area contributed by atoms with Crippen LogP contribution in [0.1, 0.15) is 6.92 Å². The van der Waals surface area contributed by atoms with Crippen molar-refractivity contribution < 1.29 is 4.48 Å². The maximum absolute atomic E-state index is 5.54. The number of allylic oxidation sites excluding steroid dienone is 1. The first-order valence-corrected chi connectivity index (χ1v) is 3.43. The number of hydrogen-bond donors (Lipinski definition) is 2. The minimum Gasteiger partial charge on any atom is -0.279 e. The molecular formula is C6H15N2S+. The zero-order valence-electron chi connectivity index (χ0n) is 6.20. The molecule has 54 valence electrons. The summed E-state index contributed by atoms with van der Waals surface area (Å²) in [5.74, 6) is 0. The molecule has 1 unspecified atom stereocenters. The van der Waals surface area contributed by atoms with E-state index in [9.17, 15) is 0 Å². The van der Waals surface area contributed by atoms with E-state index in [0.717, 1.165) is 0 Å². The Balaban J connectivity index is 4.01. The van der Waals surface area contributed by atoms with Gasteiger partial charge in [-0.1, -0.05) is 12.6 Å². The molecule has 1 atom stereocenters. The van der Waals surface area contributed by atoms with Crippen LogP contribution in [0.3, 0.4) is 0 Å². The lowest BCUT2D eigenvalue weighted by Crippen LogP contribution is -2.46. The number of rotatable bonds is 2. The first kappa shape index (κ1) is 9.01. The van der Waals surface area contributed by atoms with Gasteiger partial charge >= 0.3 is 0 Å². The maximum atomic E-state index is 5.54. The van der Waals surface area contributed by atoms with Gasteiger partial charge in [-0.3, -0.25) is 10.2 Å². The lowest BCUT2D eigenvalue weighted by Gasteiger charge is -2.27. The predicted octanol–water partition coefficient (Wildman–Crippen LogP) is 0.768. The third-order valence-electron chi connectivity index (χ3n) is 1.22. The molecule has 0 heterocycles. The summed E-state index contributed by atoms with van der Waals surface area (Å²) in [6.45, 7) is 1.97. The second kappa shape index (κ2) is 3.25. The van der Waals surface area contributed by atoms with Crippen molar-refractivity contribution in [1.29, 1.82) is 0 Å². The van der Waals surface area contributed by atoms with Crippen LogP contribution >= 0.6 is 12.6 Å². The minimum absolute atomic E-state index is 0.138. The van der Waals surface area contributed by atoms with Crippen LogP contribution in [0, 0.1) is 0 Å². The summed E-state index contributed by atoms with van der Waals surface area (Å²) >= 11 is 4.11. The summed E-state index contributed by atoms with van der Waals surface area (Å²) in [4.78, 5) is 0. The molecule has 0 saturated carbocycles. The van der Waals surface area contributed by atoms with Gasteiger partial charge in [-0.2, -0.15) is 0 Å². The van der Waals surface area contributed by atoms with Crippen molar-refractivity contribution in [3.05, 3.63) is 12.3 Å². The van der Waals surface area contributed by atoms with Crippen molar-refractivity contribution in [3.8, 4) is 0 Å². The molecule has 0 rings (SSSR count). The van der Waals surface area contributed by atoms with Crippen LogP contribution in [0.5, 0.6) is 0 Å². The largest absolute Gasteiger partial charge is 0.279 e. The van der Waals surface area contributed by atoms with E-state index >= 15 is 0 Å². The topological polar surface area (TPSA) is 26.0 Å². The molecule has 0 radical (unpaired) electrons. The van der Waals surface area contributed by atoms with E-state index in [0.29, 0.717) is 4.48 Å². The van der Waals surface area contributed by atoms with Crippen molar-refractivity contribution >= 4 is 12.6 Å². The van der Waals surface area contributed by atoms with Gasteiger partial charge in [-0.05, 0) is 13.0 Å². The van der Waals surface area contributed by atoms with Crippen molar-refractivity contribution in [3.63, 3.8) is 0 Å². The fourth-order valence-corrected chi connectivity index (χ4v) is 0.549. The van der Waals surface area contributed by atoms with Crippen LogP contribution < -0.4 is 5.73 Å². The highest BCUT2D eigenvalue weighted by molar-refractivity contribution is 7.80. The van der Waals surface area contributed by atoms with E-state index in [1.54, 1.807) is 0 Å². The second-order valence-corrected chi connectivity index (χ2v) is 3.05. The Morgan fingerprint density at radius 3 is 2.11 bits per heavy atom. The number of nitrogens with zero attached hydrogens (tertiary/aromatic N) is 1. The van der Waals surface area contributed by atoms with Gasteiger partial charge in [-0.25, -0.2) is 0 Å². The Morgan fingerprint density at radius 2 is 2.00 bits per heavy atom. The Hall–Kier alpha value is 0.0100. The maximum Gasteiger partial charge on any atom is 0.189 e. The lowest BCUT2D eigenvalue weighted by atomic mass is 10.5. The van der Waals surface area contributed by atoms with Gasteiger partial charge in [-0.15, -0.1) is 0 Å². The summed E-state index contributed by atoms with van der Waals surface area (Å²) in [6.07, 6.45) is 3.97. The minimum atomic E-state index is -0.138. The molecule has 0 aliphatic carbocycles. The predicted molar refractivity (Wildman–Crippen MR) is 43.9 cm³/mol. The van der Waals surface area contributed by atoms with E-state index in [4.69, 9.17) is 5.73 Å². The Bertz CT molecular complexity index is 108. The molecular weight excluding hydrogens is 132 g/mol. The summed E-state index contributed by atoms with van der Waals surface area (Å²) < 4.78 is 0.611. The number of quaternary nitrogens is 1. The van der Waals surface area contributed by atoms with Gasteiger partial charge in [0, 0.05) is 0 Å². The Labute approximate surface area is 62.3 Å². The van der Waals surface area contributed by atoms with Gasteiger partial charge in [0.25, 0.3) is 0 Å². The van der Waals surface area contributed by atoms with Crippen molar-refractivity contribution in [1.82, 2.24) is 0 Å². The first-order valence-electron chi connectivity index (χ1n) is 2.91. The Kier molecular flexibility index (Phi) is 3.25. The van der Waals surface area contributed by atoms with Crippen LogP contribution in [-0.4, -0.2) is 24.1 Å². The monoisotopic (exact) mass is 147 g/mol. The molecule has 0 aliphatic heterocycles. The third kappa shape index (κ3) is 2.89. The van der Waals surface area contributed by atoms with E-state index in [2.05, 4.69) is 12.6 Å². The molecule has 0 bridgehead atoms. The zero-order valence-corrected chi connectivity index (χ0v) is 7.10. The highest BCUT2D eigenvalue weighted by atomic mass is 32.1. The average molecular weight is 147 g/mol. The number of thiol groups is 1. The van der Waals surface area contributed by atoms with Crippen LogP contribution in [0.25, 0.3) is 0 Å². The second-order valence-electron chi connectivity index (χ2n) is 2.53. The molecule has 9 heavy (non-hydrogen) atoms. The van der Waals surface area contributed by atoms with Gasteiger partial charge in [0.05, 0.1) is 20.3 Å². The molecule has 3 heteroatoms. The summed E-state index contributed by atoms with van der Waals surface area (Å²) in [5.41, 5.74) is 5.40. The first-order chi connectivity index (χ1) is 4.00. The standard InChI is InChI=1S/C6H14N2S/c1-4-5-8(2,3)6(7)9/h4-6H,7H2,1-3H3/p+1. The summed E-state index contributed by atoms with van der Waals surface area (Å²) in [7, 11) is 4.00. The van der Waals surface area contributed by atoms with Crippen molar-refractivity contribution in [2.75, 3.05) is 14.1 Å². The number of hydrogen-bond acceptors (Lipinski definition) is 2. The number of nitrogens with two attached hydrogens (primary N) is 1. The molecule has 0 aliphatic rings. The van der Waals surface area contributed by atoms with Gasteiger partial charge in [0.15, 0.2) is 5.50 Å². The molecule has 0 spiro atoms. The van der Waals surface area contributed by atoms with Crippen LogP contribution in [0.2, 0.25) is 0 Å². The van der Waals surface area contributed by atoms with E-state index < -0.39 is 0 Å². The molecule has 0 aromatic rings. The summed E-state index contributed by atoms with van der Waals surface area (Å²) in [5, 5.41) is 0. The van der Waals surface area contributed by atoms with Gasteiger partial charge < -0.3 is 0 Å². The van der Waals surface area contributed by atoms with E-state index in [-0.39, 0.29) is 5.50 Å². The molecule has 2 N–H and O–H groups in total. The lowest BCUT2D eigenvalue weighted by molar-refractivity contribution is -0.848. The molecule has 0 saturated heterocycles. The molecule has 0 aromatic carbocycles. The van der Waals surface area contributed by atoms with Crippen LogP contribution in [0.4, 0.5) is 0 Å². The highest BCUT2D eigenvalue weighted by Crippen LogP contribution is 2.05. The fourth-order valence-electron chi connectivity index (χ4n) is 0.472. The fraction of sp³-hybridized carbons (Fsp3) is 0.667. The van der Waals surface area contributed by atoms with Crippen LogP contribution in [0.15, 0.2) is 12.3 Å². The summed E-state index contributed by atoms with van der Waals surface area (Å²) in [6, 6.07) is 0. The third-order valence-corrected chi connectivity index (χ3v) is 1.81. The SMILES string of the molecule is CC=C[N+](C)(C)C(N)S. The highest BCUT2D eigenvalue weighted by Gasteiger charge is 2.16. The zero-order chi connectivity index (χ0) is 7.49. The van der Waals surface area contributed by atoms with E-state index in [1.165, 1.54) is 0 Å².